The van der Waals surface area contributed by atoms with E-state index < -0.39 is 18.2 Å². The third-order valence-electron chi connectivity index (χ3n) is 7.96. The van der Waals surface area contributed by atoms with Crippen LogP contribution in [0.5, 0.6) is 11.5 Å². The molecule has 1 aliphatic carbocycles. The van der Waals surface area contributed by atoms with Crippen LogP contribution >= 0.6 is 0 Å². The van der Waals surface area contributed by atoms with E-state index in [0.29, 0.717) is 41.5 Å². The second-order valence-corrected chi connectivity index (χ2v) is 11.1. The minimum absolute atomic E-state index is 0.251. The van der Waals surface area contributed by atoms with E-state index in [2.05, 4.69) is 4.74 Å². The molecule has 4 rings (SSSR count). The third kappa shape index (κ3) is 10.0. The highest BCUT2D eigenvalue weighted by atomic mass is 19.4. The molecule has 0 saturated heterocycles. The van der Waals surface area contributed by atoms with Gasteiger partial charge in [-0.15, -0.1) is 13.2 Å². The summed E-state index contributed by atoms with van der Waals surface area (Å²) < 4.78 is 53.0. The Kier molecular flexibility index (Phi) is 12.1. The van der Waals surface area contributed by atoms with Gasteiger partial charge in [-0.25, -0.2) is 4.79 Å². The number of benzene rings is 3. The predicted molar refractivity (Wildman–Crippen MR) is 164 cm³/mol. The molecule has 0 heterocycles. The fourth-order valence-corrected chi connectivity index (χ4v) is 5.68. The van der Waals surface area contributed by atoms with Crippen molar-refractivity contribution in [3.63, 3.8) is 0 Å². The van der Waals surface area contributed by atoms with Gasteiger partial charge in [-0.2, -0.15) is 0 Å². The van der Waals surface area contributed by atoms with E-state index in [0.717, 1.165) is 32.8 Å². The van der Waals surface area contributed by atoms with Gasteiger partial charge in [-0.05, 0) is 79.0 Å². The number of hydrogen-bond acceptors (Lipinski definition) is 5. The van der Waals surface area contributed by atoms with Crippen LogP contribution in [0.3, 0.4) is 0 Å². The summed E-state index contributed by atoms with van der Waals surface area (Å²) in [6.45, 7) is 0.710. The number of aryl methyl sites for hydroxylation is 1. The molecular formula is C35H40F3NO5. The first-order chi connectivity index (χ1) is 21.2. The van der Waals surface area contributed by atoms with Crippen LogP contribution in [0, 0.1) is 5.92 Å². The summed E-state index contributed by atoms with van der Waals surface area (Å²) in [5, 5.41) is 0. The molecule has 1 saturated carbocycles. The average molecular weight is 612 g/mol. The molecule has 3 aromatic rings. The molecule has 0 unspecified atom stereocenters. The molecule has 0 spiro atoms. The van der Waals surface area contributed by atoms with Crippen LogP contribution in [0.2, 0.25) is 0 Å². The summed E-state index contributed by atoms with van der Waals surface area (Å²) in [6.07, 6.45) is 5.71. The monoisotopic (exact) mass is 611 g/mol. The van der Waals surface area contributed by atoms with Crippen molar-refractivity contribution in [2.45, 2.75) is 70.6 Å². The quantitative estimate of drug-likeness (QED) is 0.110. The minimum atomic E-state index is -4.79. The number of esters is 1. The summed E-state index contributed by atoms with van der Waals surface area (Å²) in [6, 6.07) is 20.8. The van der Waals surface area contributed by atoms with E-state index in [9.17, 15) is 22.8 Å². The molecule has 0 aromatic heterocycles. The van der Waals surface area contributed by atoms with E-state index in [1.165, 1.54) is 66.8 Å². The van der Waals surface area contributed by atoms with Gasteiger partial charge >= 0.3 is 18.2 Å². The maximum atomic E-state index is 13.3. The zero-order chi connectivity index (χ0) is 31.4. The topological polar surface area (TPSA) is 65.1 Å². The van der Waals surface area contributed by atoms with E-state index in [-0.39, 0.29) is 12.3 Å². The maximum absolute atomic E-state index is 13.3. The summed E-state index contributed by atoms with van der Waals surface area (Å²) in [5.41, 5.74) is 2.84. The number of methoxy groups -OCH3 is 1. The average Bonchev–Trinajstić information content (AvgIpc) is 3.03. The Hall–Kier alpha value is -4.01. The number of hydrogen-bond donors (Lipinski definition) is 0. The molecule has 0 radical (unpaired) electrons. The lowest BCUT2D eigenvalue weighted by Gasteiger charge is -2.25. The van der Waals surface area contributed by atoms with Crippen molar-refractivity contribution in [3.05, 3.63) is 78.4 Å². The minimum Gasteiger partial charge on any atom is -0.491 e. The molecule has 1 amide bonds. The zero-order valence-electron chi connectivity index (χ0n) is 25.1. The summed E-state index contributed by atoms with van der Waals surface area (Å²) >= 11 is 0. The second-order valence-electron chi connectivity index (χ2n) is 11.1. The van der Waals surface area contributed by atoms with Crippen LogP contribution in [-0.2, 0) is 20.7 Å². The van der Waals surface area contributed by atoms with Crippen LogP contribution in [0.15, 0.2) is 72.8 Å². The molecule has 0 aliphatic heterocycles. The third-order valence-corrected chi connectivity index (χ3v) is 7.96. The Morgan fingerprint density at radius 1 is 0.864 bits per heavy atom. The Bertz CT molecular complexity index is 1340. The Balaban J connectivity index is 1.57. The lowest BCUT2D eigenvalue weighted by Crippen LogP contribution is -2.38. The van der Waals surface area contributed by atoms with Crippen molar-refractivity contribution >= 4 is 17.6 Å². The number of anilines is 1. The second kappa shape index (κ2) is 16.2. The van der Waals surface area contributed by atoms with Crippen molar-refractivity contribution in [2.75, 3.05) is 25.2 Å². The Morgan fingerprint density at radius 2 is 1.57 bits per heavy atom. The van der Waals surface area contributed by atoms with Crippen molar-refractivity contribution < 1.29 is 37.0 Å². The van der Waals surface area contributed by atoms with E-state index in [4.69, 9.17) is 9.47 Å². The largest absolute Gasteiger partial charge is 0.573 e. The van der Waals surface area contributed by atoms with Crippen molar-refractivity contribution in [2.24, 2.45) is 5.92 Å². The molecule has 44 heavy (non-hydrogen) atoms. The molecule has 1 aliphatic rings. The number of unbranched alkanes of at least 4 members (excludes halogenated alkanes) is 1. The summed E-state index contributed by atoms with van der Waals surface area (Å²) in [7, 11) is 1.16. The standard InChI is InChI=1S/C35H40F3NO5/c1-42-34(41)33(40)39(23-9-8-15-26-11-4-2-5-12-26)31-25-29(28-17-20-30(21-18-28)44-35(36,37)38)19-22-32(31)43-24-10-16-27-13-6-3-7-14-27/h2,4-5,11-12,17-22,25,27H,3,6-10,13-16,23-24H2,1H3. The van der Waals surface area contributed by atoms with Gasteiger partial charge in [0.05, 0.1) is 19.4 Å². The number of amides is 1. The molecule has 3 aromatic carbocycles. The van der Waals surface area contributed by atoms with Gasteiger partial charge in [0, 0.05) is 6.54 Å². The van der Waals surface area contributed by atoms with Crippen molar-refractivity contribution in [1.82, 2.24) is 0 Å². The van der Waals surface area contributed by atoms with Crippen LogP contribution in [-0.4, -0.2) is 38.5 Å². The van der Waals surface area contributed by atoms with E-state index in [1.807, 2.05) is 30.3 Å². The van der Waals surface area contributed by atoms with E-state index in [1.54, 1.807) is 18.2 Å². The number of carbonyl (C=O) groups excluding carboxylic acids is 2. The van der Waals surface area contributed by atoms with Crippen molar-refractivity contribution in [3.8, 4) is 22.6 Å². The number of ether oxygens (including phenoxy) is 3. The fourth-order valence-electron chi connectivity index (χ4n) is 5.68. The van der Waals surface area contributed by atoms with E-state index >= 15 is 0 Å². The van der Waals surface area contributed by atoms with Crippen LogP contribution in [0.4, 0.5) is 18.9 Å². The molecule has 0 N–H and O–H groups in total. The number of rotatable bonds is 13. The highest BCUT2D eigenvalue weighted by molar-refractivity contribution is 6.38. The molecule has 1 fully saturated rings. The van der Waals surface area contributed by atoms with Gasteiger partial charge in [0.15, 0.2) is 0 Å². The SMILES string of the molecule is COC(=O)C(=O)N(CCCCc1ccccc1)c1cc(-c2ccc(OC(F)(F)F)cc2)ccc1OCCCC1CCCCC1. The smallest absolute Gasteiger partial charge is 0.491 e. The highest BCUT2D eigenvalue weighted by Crippen LogP contribution is 2.36. The first kappa shape index (κ1) is 32.9. The lowest BCUT2D eigenvalue weighted by molar-refractivity contribution is -0.274. The molecule has 6 nitrogen and oxygen atoms in total. The maximum Gasteiger partial charge on any atom is 0.573 e. The van der Waals surface area contributed by atoms with Crippen LogP contribution < -0.4 is 14.4 Å². The van der Waals surface area contributed by atoms with Gasteiger partial charge in [0.25, 0.3) is 0 Å². The van der Waals surface area contributed by atoms with Gasteiger partial charge in [-0.1, -0.05) is 80.6 Å². The van der Waals surface area contributed by atoms with Gasteiger partial charge < -0.3 is 14.2 Å². The Morgan fingerprint density at radius 3 is 2.25 bits per heavy atom. The lowest BCUT2D eigenvalue weighted by atomic mass is 9.86. The fraction of sp³-hybridized carbons (Fsp3) is 0.429. The predicted octanol–water partition coefficient (Wildman–Crippen LogP) is 8.52. The van der Waals surface area contributed by atoms with Crippen LogP contribution in [0.1, 0.15) is 63.4 Å². The van der Waals surface area contributed by atoms with Gasteiger partial charge in [0.2, 0.25) is 0 Å². The summed E-state index contributed by atoms with van der Waals surface area (Å²) in [4.78, 5) is 27.2. The number of nitrogens with zero attached hydrogens (tertiary/aromatic N) is 1. The number of halogens is 3. The zero-order valence-corrected chi connectivity index (χ0v) is 25.1. The Labute approximate surface area is 257 Å². The van der Waals surface area contributed by atoms with Crippen LogP contribution in [0.25, 0.3) is 11.1 Å². The first-order valence-electron chi connectivity index (χ1n) is 15.3. The van der Waals surface area contributed by atoms with Gasteiger partial charge in [0.1, 0.15) is 11.5 Å². The van der Waals surface area contributed by atoms with Crippen molar-refractivity contribution in [1.29, 1.82) is 0 Å². The molecular weight excluding hydrogens is 571 g/mol. The summed E-state index contributed by atoms with van der Waals surface area (Å²) in [5.74, 6) is -0.976. The van der Waals surface area contributed by atoms with Gasteiger partial charge in [-0.3, -0.25) is 9.69 Å². The first-order valence-corrected chi connectivity index (χ1v) is 15.3. The molecule has 0 bridgehead atoms. The highest BCUT2D eigenvalue weighted by Gasteiger charge is 2.31. The number of alkyl halides is 3. The molecule has 236 valence electrons. The molecule has 0 atom stereocenters. The normalized spacial score (nSPS) is 13.7. The number of carbonyl (C=O) groups is 2. The molecule has 9 heteroatoms.